The Labute approximate surface area is 119 Å². The molecule has 0 saturated carbocycles. The number of carbonyl (C=O) groups excluding carboxylic acids is 2. The summed E-state index contributed by atoms with van der Waals surface area (Å²) in [4.78, 5) is 24.4. The average molecular weight is 278 g/mol. The van der Waals surface area contributed by atoms with Crippen LogP contribution in [0.5, 0.6) is 0 Å². The van der Waals surface area contributed by atoms with Gasteiger partial charge in [-0.2, -0.15) is 0 Å². The van der Waals surface area contributed by atoms with Crippen LogP contribution in [-0.2, 0) is 9.59 Å². The monoisotopic (exact) mass is 278 g/mol. The smallest absolute Gasteiger partial charge is 0.243 e. The lowest BCUT2D eigenvalue weighted by atomic mass is 10.1. The number of nitrogens with one attached hydrogen (secondary N) is 1. The molecule has 5 heteroatoms. The molecule has 0 unspecified atom stereocenters. The number of hydrogen-bond donors (Lipinski definition) is 2. The fourth-order valence-electron chi connectivity index (χ4n) is 1.93. The summed E-state index contributed by atoms with van der Waals surface area (Å²) in [6, 6.07) is 9.55. The predicted octanol–water partition coefficient (Wildman–Crippen LogP) is 2.50. The Morgan fingerprint density at radius 3 is 2.25 bits per heavy atom. The Morgan fingerprint density at radius 1 is 1.05 bits per heavy atom. The highest BCUT2D eigenvalue weighted by Gasteiger charge is 2.09. The zero-order valence-corrected chi connectivity index (χ0v) is 11.8. The predicted molar refractivity (Wildman–Crippen MR) is 77.5 cm³/mol. The lowest BCUT2D eigenvalue weighted by Gasteiger charge is -2.17. The maximum absolute atomic E-state index is 12.0. The second-order valence-corrected chi connectivity index (χ2v) is 4.74. The first-order chi connectivity index (χ1) is 9.65. The molecule has 0 aromatic heterocycles. The molecule has 0 spiro atoms. The number of benzene rings is 1. The number of nitrogens with zero attached hydrogens (tertiary/aromatic N) is 1. The topological polar surface area (TPSA) is 69.6 Å². The van der Waals surface area contributed by atoms with E-state index in [9.17, 15) is 9.59 Å². The molecule has 110 valence electrons. The van der Waals surface area contributed by atoms with E-state index in [2.05, 4.69) is 0 Å². The Balaban J connectivity index is 2.16. The molecule has 0 atom stereocenters. The molecule has 1 rings (SSSR count). The standard InChI is InChI=1S/C15H22N2O3/c1-17(13-9-5-4-6-10-13)15(19)12-8-3-2-7-11-14(18)16-20/h4-6,9-10,20H,2-3,7-8,11-12H2,1H3,(H,16,18). The lowest BCUT2D eigenvalue weighted by Crippen LogP contribution is -2.25. The van der Waals surface area contributed by atoms with Gasteiger partial charge < -0.3 is 4.90 Å². The van der Waals surface area contributed by atoms with E-state index in [1.165, 1.54) is 0 Å². The molecule has 2 N–H and O–H groups in total. The van der Waals surface area contributed by atoms with E-state index in [0.717, 1.165) is 31.4 Å². The van der Waals surface area contributed by atoms with Gasteiger partial charge in [0, 0.05) is 25.6 Å². The Hall–Kier alpha value is -1.88. The van der Waals surface area contributed by atoms with Gasteiger partial charge in [-0.1, -0.05) is 31.0 Å². The van der Waals surface area contributed by atoms with E-state index in [0.29, 0.717) is 12.8 Å². The van der Waals surface area contributed by atoms with Crippen LogP contribution in [-0.4, -0.2) is 24.1 Å². The number of amides is 2. The number of hydroxylamine groups is 1. The molecule has 0 aliphatic carbocycles. The van der Waals surface area contributed by atoms with Crippen LogP contribution in [0.4, 0.5) is 5.69 Å². The Morgan fingerprint density at radius 2 is 1.65 bits per heavy atom. The number of hydrogen-bond acceptors (Lipinski definition) is 3. The highest BCUT2D eigenvalue weighted by molar-refractivity contribution is 5.92. The molecule has 1 aromatic rings. The third-order valence-electron chi connectivity index (χ3n) is 3.19. The number of anilines is 1. The van der Waals surface area contributed by atoms with Crippen molar-refractivity contribution in [3.8, 4) is 0 Å². The largest absolute Gasteiger partial charge is 0.316 e. The second-order valence-electron chi connectivity index (χ2n) is 4.74. The van der Waals surface area contributed by atoms with Crippen molar-refractivity contribution in [3.63, 3.8) is 0 Å². The first kappa shape index (κ1) is 16.2. The summed E-state index contributed by atoms with van der Waals surface area (Å²) in [6.07, 6.45) is 4.18. The summed E-state index contributed by atoms with van der Waals surface area (Å²) in [5.74, 6) is -0.255. The van der Waals surface area contributed by atoms with E-state index < -0.39 is 0 Å². The van der Waals surface area contributed by atoms with Crippen molar-refractivity contribution < 1.29 is 14.8 Å². The molecule has 0 aliphatic rings. The molecule has 2 amide bonds. The summed E-state index contributed by atoms with van der Waals surface area (Å²) >= 11 is 0. The first-order valence-corrected chi connectivity index (χ1v) is 6.89. The third kappa shape index (κ3) is 5.84. The minimum absolute atomic E-state index is 0.101. The molecule has 20 heavy (non-hydrogen) atoms. The summed E-state index contributed by atoms with van der Waals surface area (Å²) in [5.41, 5.74) is 2.51. The third-order valence-corrected chi connectivity index (χ3v) is 3.19. The van der Waals surface area contributed by atoms with Crippen LogP contribution in [0.2, 0.25) is 0 Å². The quantitative estimate of drug-likeness (QED) is 0.436. The highest BCUT2D eigenvalue weighted by atomic mass is 16.5. The van der Waals surface area contributed by atoms with E-state index in [1.807, 2.05) is 30.3 Å². The summed E-state index contributed by atoms with van der Waals surface area (Å²) in [5, 5.41) is 8.33. The van der Waals surface area contributed by atoms with Crippen molar-refractivity contribution in [2.45, 2.75) is 38.5 Å². The van der Waals surface area contributed by atoms with Crippen LogP contribution >= 0.6 is 0 Å². The molecular weight excluding hydrogens is 256 g/mol. The average Bonchev–Trinajstić information content (AvgIpc) is 2.50. The van der Waals surface area contributed by atoms with Crippen molar-refractivity contribution in [2.24, 2.45) is 0 Å². The van der Waals surface area contributed by atoms with Crippen LogP contribution in [0.3, 0.4) is 0 Å². The van der Waals surface area contributed by atoms with Gasteiger partial charge in [0.25, 0.3) is 0 Å². The van der Waals surface area contributed by atoms with Crippen molar-refractivity contribution in [3.05, 3.63) is 30.3 Å². The normalized spacial score (nSPS) is 10.1. The van der Waals surface area contributed by atoms with E-state index in [-0.39, 0.29) is 11.8 Å². The van der Waals surface area contributed by atoms with Crippen LogP contribution in [0.25, 0.3) is 0 Å². The molecule has 1 aromatic carbocycles. The van der Waals surface area contributed by atoms with Gasteiger partial charge in [-0.15, -0.1) is 0 Å². The minimum Gasteiger partial charge on any atom is -0.316 e. The van der Waals surface area contributed by atoms with Gasteiger partial charge in [0.15, 0.2) is 0 Å². The molecule has 0 aliphatic heterocycles. The summed E-state index contributed by atoms with van der Waals surface area (Å²) in [7, 11) is 1.78. The van der Waals surface area contributed by atoms with Gasteiger partial charge in [-0.3, -0.25) is 14.8 Å². The minimum atomic E-state index is -0.357. The summed E-state index contributed by atoms with van der Waals surface area (Å²) in [6.45, 7) is 0. The van der Waals surface area contributed by atoms with Gasteiger partial charge >= 0.3 is 0 Å². The molecule has 0 fully saturated rings. The maximum atomic E-state index is 12.0. The number of para-hydroxylation sites is 1. The molecule has 0 bridgehead atoms. The van der Waals surface area contributed by atoms with E-state index in [4.69, 9.17) is 5.21 Å². The van der Waals surface area contributed by atoms with Crippen molar-refractivity contribution in [2.75, 3.05) is 11.9 Å². The van der Waals surface area contributed by atoms with Gasteiger partial charge in [0.1, 0.15) is 0 Å². The van der Waals surface area contributed by atoms with Crippen LogP contribution in [0.15, 0.2) is 30.3 Å². The van der Waals surface area contributed by atoms with Crippen molar-refractivity contribution in [1.82, 2.24) is 5.48 Å². The number of rotatable bonds is 8. The number of carbonyl (C=O) groups is 2. The number of unbranched alkanes of at least 4 members (excludes halogenated alkanes) is 3. The van der Waals surface area contributed by atoms with Gasteiger partial charge in [0.05, 0.1) is 0 Å². The summed E-state index contributed by atoms with van der Waals surface area (Å²) < 4.78 is 0. The maximum Gasteiger partial charge on any atom is 0.243 e. The Kier molecular flexibility index (Phi) is 7.35. The highest BCUT2D eigenvalue weighted by Crippen LogP contribution is 2.14. The first-order valence-electron chi connectivity index (χ1n) is 6.89. The molecule has 0 saturated heterocycles. The van der Waals surface area contributed by atoms with Crippen molar-refractivity contribution >= 4 is 17.5 Å². The van der Waals surface area contributed by atoms with Gasteiger partial charge in [-0.25, -0.2) is 5.48 Å². The van der Waals surface area contributed by atoms with Crippen LogP contribution < -0.4 is 10.4 Å². The zero-order chi connectivity index (χ0) is 14.8. The second kappa shape index (κ2) is 9.09. The van der Waals surface area contributed by atoms with Crippen LogP contribution in [0.1, 0.15) is 38.5 Å². The molecule has 5 nitrogen and oxygen atoms in total. The Bertz CT molecular complexity index is 420. The molecule has 0 radical (unpaired) electrons. The van der Waals surface area contributed by atoms with Crippen LogP contribution in [0, 0.1) is 0 Å². The zero-order valence-electron chi connectivity index (χ0n) is 11.8. The van der Waals surface area contributed by atoms with Crippen molar-refractivity contribution in [1.29, 1.82) is 0 Å². The van der Waals surface area contributed by atoms with E-state index in [1.54, 1.807) is 17.4 Å². The lowest BCUT2D eigenvalue weighted by molar-refractivity contribution is -0.129. The molecular formula is C15H22N2O3. The molecule has 0 heterocycles. The fraction of sp³-hybridized carbons (Fsp3) is 0.467. The van der Waals surface area contributed by atoms with Gasteiger partial charge in [-0.05, 0) is 25.0 Å². The SMILES string of the molecule is CN(C(=O)CCCCCCC(=O)NO)c1ccccc1. The van der Waals surface area contributed by atoms with Gasteiger partial charge in [0.2, 0.25) is 11.8 Å². The van der Waals surface area contributed by atoms with E-state index >= 15 is 0 Å². The fourth-order valence-corrected chi connectivity index (χ4v) is 1.93.